The molecule has 0 spiro atoms. The Balaban J connectivity index is 4.60. The fourth-order valence-corrected chi connectivity index (χ4v) is 6.45. The molecule has 0 aliphatic heterocycles. The average molecular weight is 885 g/mol. The van der Waals surface area contributed by atoms with Gasteiger partial charge in [-0.25, -0.2) is 0 Å². The Kier molecular flexibility index (Phi) is 48.1. The second-order valence-corrected chi connectivity index (χ2v) is 16.5. The van der Waals surface area contributed by atoms with E-state index in [1.807, 2.05) is 48.6 Å². The Morgan fingerprint density at radius 3 is 1.20 bits per heavy atom. The lowest BCUT2D eigenvalue weighted by Gasteiger charge is -2.18. The number of allylic oxidation sites excluding steroid dienone is 20. The number of esters is 3. The summed E-state index contributed by atoms with van der Waals surface area (Å²) in [5, 5.41) is 0. The van der Waals surface area contributed by atoms with Crippen LogP contribution >= 0.6 is 0 Å². The number of ether oxygens (including phenoxy) is 3. The second kappa shape index (κ2) is 51.4. The van der Waals surface area contributed by atoms with Gasteiger partial charge in [0.25, 0.3) is 0 Å². The van der Waals surface area contributed by atoms with Gasteiger partial charge in [-0.15, -0.1) is 0 Å². The lowest BCUT2D eigenvalue weighted by atomic mass is 10.1. The van der Waals surface area contributed by atoms with Crippen LogP contribution in [-0.4, -0.2) is 37.2 Å². The summed E-state index contributed by atoms with van der Waals surface area (Å²) in [6.45, 7) is 6.34. The summed E-state index contributed by atoms with van der Waals surface area (Å²) < 4.78 is 16.7. The highest BCUT2D eigenvalue weighted by molar-refractivity contribution is 5.71. The van der Waals surface area contributed by atoms with Gasteiger partial charge in [0.1, 0.15) is 13.2 Å². The van der Waals surface area contributed by atoms with E-state index < -0.39 is 6.10 Å². The highest BCUT2D eigenvalue weighted by atomic mass is 16.6. The zero-order chi connectivity index (χ0) is 46.5. The van der Waals surface area contributed by atoms with Crippen LogP contribution in [0.25, 0.3) is 0 Å². The van der Waals surface area contributed by atoms with Crippen molar-refractivity contribution in [2.45, 2.75) is 213 Å². The van der Waals surface area contributed by atoms with E-state index in [-0.39, 0.29) is 44.0 Å². The third kappa shape index (κ3) is 48.8. The molecule has 64 heavy (non-hydrogen) atoms. The summed E-state index contributed by atoms with van der Waals surface area (Å²) in [6, 6.07) is 0. The van der Waals surface area contributed by atoms with E-state index in [1.54, 1.807) is 0 Å². The molecule has 0 N–H and O–H groups in total. The topological polar surface area (TPSA) is 78.9 Å². The Bertz CT molecular complexity index is 1390. The fourth-order valence-electron chi connectivity index (χ4n) is 6.45. The molecule has 0 aromatic rings. The molecule has 1 unspecified atom stereocenters. The standard InChI is InChI=1S/C58H92O6/c1-4-7-10-13-16-19-22-25-28-29-31-33-36-39-42-45-48-51-57(60)63-54-55(53-62-56(59)50-47-44-41-38-35-32-27-24-21-18-15-12-9-6-3)64-58(61)52-49-46-43-40-37-34-30-26-23-20-17-14-11-8-5-2/h8,11,14,16-17,19-20,23,25-26,28,30-35,37,39,42,55H,4-7,9-10,12-13,15,18,21-22,24,27,29,36,38,40-41,43-54H2,1-3H3/b11-8-,17-14-,19-16-,23-20-,28-25-,30-26-,33-31-,35-32-,37-34-,42-39-. The zero-order valence-electron chi connectivity index (χ0n) is 41.0. The van der Waals surface area contributed by atoms with Crippen LogP contribution in [-0.2, 0) is 28.6 Å². The van der Waals surface area contributed by atoms with E-state index in [9.17, 15) is 14.4 Å². The van der Waals surface area contributed by atoms with Gasteiger partial charge < -0.3 is 14.2 Å². The Hall–Kier alpha value is -4.19. The van der Waals surface area contributed by atoms with Gasteiger partial charge in [0.15, 0.2) is 6.10 Å². The summed E-state index contributed by atoms with van der Waals surface area (Å²) >= 11 is 0. The molecular weight excluding hydrogens is 793 g/mol. The summed E-state index contributed by atoms with van der Waals surface area (Å²) in [7, 11) is 0. The summed E-state index contributed by atoms with van der Waals surface area (Å²) in [6.07, 6.45) is 70.4. The number of rotatable bonds is 44. The molecule has 0 aliphatic carbocycles. The van der Waals surface area contributed by atoms with Crippen LogP contribution < -0.4 is 0 Å². The van der Waals surface area contributed by atoms with Crippen molar-refractivity contribution in [3.63, 3.8) is 0 Å². The van der Waals surface area contributed by atoms with Crippen LogP contribution in [0.5, 0.6) is 0 Å². The van der Waals surface area contributed by atoms with Crippen molar-refractivity contribution in [2.75, 3.05) is 13.2 Å². The minimum atomic E-state index is -0.831. The molecule has 6 heteroatoms. The van der Waals surface area contributed by atoms with E-state index in [0.717, 1.165) is 83.5 Å². The number of hydrogen-bond acceptors (Lipinski definition) is 6. The second-order valence-electron chi connectivity index (χ2n) is 16.5. The van der Waals surface area contributed by atoms with Crippen molar-refractivity contribution >= 4 is 17.9 Å². The molecule has 0 fully saturated rings. The number of carbonyl (C=O) groups excluding carboxylic acids is 3. The maximum atomic E-state index is 12.8. The molecule has 0 aromatic heterocycles. The van der Waals surface area contributed by atoms with Gasteiger partial charge in [0, 0.05) is 19.3 Å². The van der Waals surface area contributed by atoms with E-state index in [1.165, 1.54) is 70.6 Å². The first-order valence-corrected chi connectivity index (χ1v) is 25.6. The Labute approximate surface area is 392 Å². The monoisotopic (exact) mass is 885 g/mol. The van der Waals surface area contributed by atoms with Gasteiger partial charge >= 0.3 is 17.9 Å². The first kappa shape index (κ1) is 59.8. The van der Waals surface area contributed by atoms with Gasteiger partial charge in [-0.2, -0.15) is 0 Å². The van der Waals surface area contributed by atoms with Crippen LogP contribution in [0, 0.1) is 0 Å². The van der Waals surface area contributed by atoms with Gasteiger partial charge in [0.05, 0.1) is 0 Å². The van der Waals surface area contributed by atoms with E-state index in [0.29, 0.717) is 19.3 Å². The maximum Gasteiger partial charge on any atom is 0.306 e. The number of hydrogen-bond donors (Lipinski definition) is 0. The predicted molar refractivity (Wildman–Crippen MR) is 274 cm³/mol. The van der Waals surface area contributed by atoms with Crippen LogP contribution in [0.15, 0.2) is 122 Å². The normalized spacial score (nSPS) is 13.1. The molecule has 6 nitrogen and oxygen atoms in total. The number of carbonyl (C=O) groups is 3. The SMILES string of the molecule is CC\C=C/C=C\C=C/C=C\C=C/CCCCCC(=O)OC(COC(=O)CCC/C=C\C/C=C\C/C=C\C/C=C\CCCCC)COC(=O)CCCCC/C=C\CCCCCCCCC. The predicted octanol–water partition coefficient (Wildman–Crippen LogP) is 16.9. The molecule has 0 saturated heterocycles. The van der Waals surface area contributed by atoms with E-state index in [4.69, 9.17) is 14.2 Å². The van der Waals surface area contributed by atoms with Gasteiger partial charge in [-0.1, -0.05) is 206 Å². The van der Waals surface area contributed by atoms with Crippen molar-refractivity contribution in [2.24, 2.45) is 0 Å². The van der Waals surface area contributed by atoms with Gasteiger partial charge in [-0.3, -0.25) is 14.4 Å². The zero-order valence-corrected chi connectivity index (χ0v) is 41.0. The summed E-state index contributed by atoms with van der Waals surface area (Å²) in [4.78, 5) is 37.9. The minimum Gasteiger partial charge on any atom is -0.462 e. The Morgan fingerprint density at radius 1 is 0.344 bits per heavy atom. The molecule has 0 aliphatic rings. The quantitative estimate of drug-likeness (QED) is 0.0199. The van der Waals surface area contributed by atoms with Gasteiger partial charge in [-0.05, 0) is 103 Å². The number of unbranched alkanes of at least 4 members (excludes halogenated alkanes) is 17. The van der Waals surface area contributed by atoms with Crippen molar-refractivity contribution in [1.82, 2.24) is 0 Å². The van der Waals surface area contributed by atoms with Crippen molar-refractivity contribution in [1.29, 1.82) is 0 Å². The molecule has 1 atom stereocenters. The van der Waals surface area contributed by atoms with E-state index in [2.05, 4.69) is 93.7 Å². The van der Waals surface area contributed by atoms with Crippen LogP contribution in [0.3, 0.4) is 0 Å². The first-order chi connectivity index (χ1) is 31.5. The highest BCUT2D eigenvalue weighted by Crippen LogP contribution is 2.12. The Morgan fingerprint density at radius 2 is 0.688 bits per heavy atom. The van der Waals surface area contributed by atoms with Crippen LogP contribution in [0.4, 0.5) is 0 Å². The molecule has 0 radical (unpaired) electrons. The minimum absolute atomic E-state index is 0.124. The third-order valence-electron chi connectivity index (χ3n) is 10.3. The molecule has 0 amide bonds. The summed E-state index contributed by atoms with van der Waals surface area (Å²) in [5.74, 6) is -1.05. The molecule has 0 heterocycles. The molecular formula is C58H92O6. The van der Waals surface area contributed by atoms with Gasteiger partial charge in [0.2, 0.25) is 0 Å². The fraction of sp³-hybridized carbons (Fsp3) is 0.603. The first-order valence-electron chi connectivity index (χ1n) is 25.6. The average Bonchev–Trinajstić information content (AvgIpc) is 3.29. The van der Waals surface area contributed by atoms with E-state index >= 15 is 0 Å². The molecule has 360 valence electrons. The molecule has 0 rings (SSSR count). The lowest BCUT2D eigenvalue weighted by molar-refractivity contribution is -0.167. The van der Waals surface area contributed by atoms with Crippen LogP contribution in [0.2, 0.25) is 0 Å². The molecule has 0 saturated carbocycles. The highest BCUT2D eigenvalue weighted by Gasteiger charge is 2.19. The smallest absolute Gasteiger partial charge is 0.306 e. The summed E-state index contributed by atoms with van der Waals surface area (Å²) in [5.41, 5.74) is 0. The van der Waals surface area contributed by atoms with Crippen molar-refractivity contribution in [3.8, 4) is 0 Å². The van der Waals surface area contributed by atoms with Crippen molar-refractivity contribution in [3.05, 3.63) is 122 Å². The van der Waals surface area contributed by atoms with Crippen LogP contribution in [0.1, 0.15) is 207 Å². The maximum absolute atomic E-state index is 12.8. The van der Waals surface area contributed by atoms with Crippen molar-refractivity contribution < 1.29 is 28.6 Å². The molecule has 0 aromatic carbocycles. The third-order valence-corrected chi connectivity index (χ3v) is 10.3. The lowest BCUT2D eigenvalue weighted by Crippen LogP contribution is -2.30. The largest absolute Gasteiger partial charge is 0.462 e. The molecule has 0 bridgehead atoms.